The number of amides is 2. The van der Waals surface area contributed by atoms with Crippen molar-refractivity contribution in [2.75, 3.05) is 9.91 Å². The maximum absolute atomic E-state index is 13.5. The van der Waals surface area contributed by atoms with Crippen molar-refractivity contribution in [1.29, 1.82) is 0 Å². The van der Waals surface area contributed by atoms with Crippen LogP contribution in [0.4, 0.5) is 11.4 Å². The Kier molecular flexibility index (Phi) is 4.51. The molecule has 0 saturated carbocycles. The molecule has 3 aromatic rings. The van der Waals surface area contributed by atoms with Crippen LogP contribution in [0.1, 0.15) is 11.1 Å². The van der Waals surface area contributed by atoms with Crippen molar-refractivity contribution in [3.8, 4) is 0 Å². The number of nitrogens with zero attached hydrogens (tertiary/aromatic N) is 3. The van der Waals surface area contributed by atoms with Crippen LogP contribution in [0, 0.1) is 12.8 Å². The van der Waals surface area contributed by atoms with Gasteiger partial charge in [0.05, 0.1) is 17.1 Å². The lowest BCUT2D eigenvalue weighted by Crippen LogP contribution is -2.39. The molecule has 0 aliphatic carbocycles. The van der Waals surface area contributed by atoms with Gasteiger partial charge in [-0.15, -0.1) is 0 Å². The number of anilines is 2. The fourth-order valence-corrected chi connectivity index (χ4v) is 4.28. The number of benzene rings is 3. The van der Waals surface area contributed by atoms with Gasteiger partial charge < -0.3 is 0 Å². The van der Waals surface area contributed by atoms with Gasteiger partial charge in [0.1, 0.15) is 12.0 Å². The highest BCUT2D eigenvalue weighted by molar-refractivity contribution is 9.10. The molecule has 0 bridgehead atoms. The van der Waals surface area contributed by atoms with Crippen molar-refractivity contribution >= 4 is 44.8 Å². The molecule has 0 spiro atoms. The second-order valence-electron chi connectivity index (χ2n) is 7.44. The number of fused-ring (bicyclic) bond motifs is 1. The third-order valence-electron chi connectivity index (χ3n) is 5.50. The molecule has 0 N–H and O–H groups in total. The Hall–Kier alpha value is -3.25. The van der Waals surface area contributed by atoms with Gasteiger partial charge in [0, 0.05) is 4.47 Å². The monoisotopic (exact) mass is 459 g/mol. The molecule has 1 fully saturated rings. The minimum atomic E-state index is -0.695. The normalized spacial score (nSPS) is 20.5. The third kappa shape index (κ3) is 2.95. The summed E-state index contributed by atoms with van der Waals surface area (Å²) >= 11 is 3.45. The van der Waals surface area contributed by atoms with Crippen LogP contribution in [0.25, 0.3) is 0 Å². The number of hydrogen-bond donors (Lipinski definition) is 0. The van der Waals surface area contributed by atoms with Gasteiger partial charge in [-0.2, -0.15) is 5.10 Å². The lowest BCUT2D eigenvalue weighted by Gasteiger charge is -2.22. The standard InChI is InChI=1S/C24H18BrN3O2/c1-15-7-13-18(14-8-15)27-23(29)20-21(16-9-11-17(25)12-10-16)26-28(22(20)24(27)30)19-5-3-2-4-6-19/h2-14,20,22H,1H3/t20-,22+/m0/s1. The van der Waals surface area contributed by atoms with Gasteiger partial charge in [-0.3, -0.25) is 14.6 Å². The number of carbonyl (C=O) groups excluding carboxylic acids is 2. The number of aryl methyl sites for hydroxylation is 1. The van der Waals surface area contributed by atoms with Crippen LogP contribution in [-0.4, -0.2) is 23.6 Å². The molecule has 3 aromatic carbocycles. The fraction of sp³-hybridized carbons (Fsp3) is 0.125. The predicted octanol–water partition coefficient (Wildman–Crippen LogP) is 4.54. The summed E-state index contributed by atoms with van der Waals surface area (Å²) in [6, 6.07) is 23.9. The van der Waals surface area contributed by atoms with E-state index >= 15 is 0 Å². The van der Waals surface area contributed by atoms with Crippen LogP contribution in [-0.2, 0) is 9.59 Å². The summed E-state index contributed by atoms with van der Waals surface area (Å²) in [5, 5.41) is 6.44. The van der Waals surface area contributed by atoms with Crippen LogP contribution in [0.3, 0.4) is 0 Å². The van der Waals surface area contributed by atoms with Crippen molar-refractivity contribution < 1.29 is 9.59 Å². The van der Waals surface area contributed by atoms with E-state index in [4.69, 9.17) is 5.10 Å². The Morgan fingerprint density at radius 1 is 0.800 bits per heavy atom. The first kappa shape index (κ1) is 18.8. The molecular formula is C24H18BrN3O2. The number of imide groups is 1. The summed E-state index contributed by atoms with van der Waals surface area (Å²) in [6.45, 7) is 1.97. The molecule has 2 amide bonds. The van der Waals surface area contributed by atoms with Gasteiger partial charge in [-0.1, -0.05) is 64.0 Å². The first-order valence-electron chi connectivity index (χ1n) is 9.68. The maximum Gasteiger partial charge on any atom is 0.259 e. The molecule has 0 unspecified atom stereocenters. The minimum Gasteiger partial charge on any atom is -0.273 e. The molecule has 30 heavy (non-hydrogen) atoms. The van der Waals surface area contributed by atoms with Gasteiger partial charge in [0.2, 0.25) is 5.91 Å². The number of rotatable bonds is 3. The van der Waals surface area contributed by atoms with Crippen LogP contribution < -0.4 is 9.91 Å². The Bertz CT molecular complexity index is 1160. The van der Waals surface area contributed by atoms with E-state index in [1.165, 1.54) is 4.90 Å². The molecule has 148 valence electrons. The SMILES string of the molecule is Cc1ccc(N2C(=O)[C@H]3C(c4ccc(Br)cc4)=NN(c4ccccc4)[C@H]3C2=O)cc1. The third-order valence-corrected chi connectivity index (χ3v) is 6.03. The minimum absolute atomic E-state index is 0.242. The zero-order valence-corrected chi connectivity index (χ0v) is 17.8. The second-order valence-corrected chi connectivity index (χ2v) is 8.36. The van der Waals surface area contributed by atoms with Crippen LogP contribution >= 0.6 is 15.9 Å². The molecule has 0 aromatic heterocycles. The Balaban J connectivity index is 1.63. The molecule has 6 heteroatoms. The van der Waals surface area contributed by atoms with E-state index in [0.717, 1.165) is 21.3 Å². The molecular weight excluding hydrogens is 442 g/mol. The Morgan fingerprint density at radius 3 is 2.13 bits per heavy atom. The molecule has 5 rings (SSSR count). The average molecular weight is 460 g/mol. The second kappa shape index (κ2) is 7.22. The molecule has 2 aliphatic heterocycles. The average Bonchev–Trinajstić information content (AvgIpc) is 3.27. The van der Waals surface area contributed by atoms with Gasteiger partial charge in [0.25, 0.3) is 5.91 Å². The maximum atomic E-state index is 13.5. The zero-order valence-electron chi connectivity index (χ0n) is 16.2. The zero-order chi connectivity index (χ0) is 20.8. The van der Waals surface area contributed by atoms with E-state index in [-0.39, 0.29) is 11.8 Å². The molecule has 2 heterocycles. The van der Waals surface area contributed by atoms with Crippen molar-refractivity contribution in [1.82, 2.24) is 0 Å². The summed E-state index contributed by atoms with van der Waals surface area (Å²) in [4.78, 5) is 28.3. The predicted molar refractivity (Wildman–Crippen MR) is 121 cm³/mol. The van der Waals surface area contributed by atoms with Crippen LogP contribution in [0.2, 0.25) is 0 Å². The highest BCUT2D eigenvalue weighted by Gasteiger charge is 2.57. The van der Waals surface area contributed by atoms with E-state index in [1.807, 2.05) is 85.8 Å². The quantitative estimate of drug-likeness (QED) is 0.540. The summed E-state index contributed by atoms with van der Waals surface area (Å²) in [5.74, 6) is -1.15. The van der Waals surface area contributed by atoms with Crippen molar-refractivity contribution in [3.63, 3.8) is 0 Å². The van der Waals surface area contributed by atoms with E-state index < -0.39 is 12.0 Å². The van der Waals surface area contributed by atoms with Gasteiger partial charge in [-0.25, -0.2) is 4.90 Å². The van der Waals surface area contributed by atoms with E-state index in [1.54, 1.807) is 5.01 Å². The van der Waals surface area contributed by atoms with Gasteiger partial charge >= 0.3 is 0 Å². The summed E-state index contributed by atoms with van der Waals surface area (Å²) in [5.41, 5.74) is 3.89. The van der Waals surface area contributed by atoms with Crippen LogP contribution in [0.15, 0.2) is 88.4 Å². The molecule has 2 atom stereocenters. The number of hydrazone groups is 1. The van der Waals surface area contributed by atoms with E-state index in [9.17, 15) is 9.59 Å². The van der Waals surface area contributed by atoms with Crippen molar-refractivity contribution in [2.45, 2.75) is 13.0 Å². The van der Waals surface area contributed by atoms with E-state index in [0.29, 0.717) is 11.4 Å². The highest BCUT2D eigenvalue weighted by atomic mass is 79.9. The van der Waals surface area contributed by atoms with Gasteiger partial charge in [0.15, 0.2) is 0 Å². The number of halogens is 1. The van der Waals surface area contributed by atoms with Crippen LogP contribution in [0.5, 0.6) is 0 Å². The summed E-state index contributed by atoms with van der Waals surface area (Å²) < 4.78 is 0.941. The Morgan fingerprint density at radius 2 is 1.47 bits per heavy atom. The summed E-state index contributed by atoms with van der Waals surface area (Å²) in [7, 11) is 0. The topological polar surface area (TPSA) is 53.0 Å². The molecule has 2 aliphatic rings. The van der Waals surface area contributed by atoms with Crippen molar-refractivity contribution in [3.05, 3.63) is 94.5 Å². The first-order chi connectivity index (χ1) is 14.5. The lowest BCUT2D eigenvalue weighted by atomic mass is 9.93. The number of carbonyl (C=O) groups is 2. The highest BCUT2D eigenvalue weighted by Crippen LogP contribution is 2.39. The fourth-order valence-electron chi connectivity index (χ4n) is 4.02. The summed E-state index contributed by atoms with van der Waals surface area (Å²) in [6.07, 6.45) is 0. The Labute approximate surface area is 182 Å². The van der Waals surface area contributed by atoms with Crippen molar-refractivity contribution in [2.24, 2.45) is 11.0 Å². The molecule has 0 radical (unpaired) electrons. The molecule has 1 saturated heterocycles. The lowest BCUT2D eigenvalue weighted by molar-refractivity contribution is -0.121. The smallest absolute Gasteiger partial charge is 0.259 e. The largest absolute Gasteiger partial charge is 0.273 e. The van der Waals surface area contributed by atoms with Gasteiger partial charge in [-0.05, 0) is 48.9 Å². The first-order valence-corrected chi connectivity index (χ1v) is 10.5. The van der Waals surface area contributed by atoms with E-state index in [2.05, 4.69) is 15.9 Å². The number of para-hydroxylation sites is 1. The number of hydrogen-bond acceptors (Lipinski definition) is 4. The molecule has 5 nitrogen and oxygen atoms in total.